The first-order valence-electron chi connectivity index (χ1n) is 4.42. The van der Waals surface area contributed by atoms with Gasteiger partial charge in [0.25, 0.3) is 0 Å². The van der Waals surface area contributed by atoms with Crippen molar-refractivity contribution in [3.8, 4) is 0 Å². The highest BCUT2D eigenvalue weighted by molar-refractivity contribution is 7.92. The van der Waals surface area contributed by atoms with Crippen molar-refractivity contribution in [3.05, 3.63) is 28.8 Å². The van der Waals surface area contributed by atoms with Crippen molar-refractivity contribution in [3.63, 3.8) is 0 Å². The summed E-state index contributed by atoms with van der Waals surface area (Å²) in [5.41, 5.74) is 6.40. The van der Waals surface area contributed by atoms with E-state index in [-0.39, 0.29) is 12.3 Å². The largest absolute Gasteiger partial charge is 0.329 e. The summed E-state index contributed by atoms with van der Waals surface area (Å²) in [6, 6.07) is 5.06. The van der Waals surface area contributed by atoms with E-state index in [9.17, 15) is 8.42 Å². The van der Waals surface area contributed by atoms with Gasteiger partial charge in [-0.2, -0.15) is 0 Å². The summed E-state index contributed by atoms with van der Waals surface area (Å²) < 4.78 is 25.3. The Morgan fingerprint density at radius 1 is 1.47 bits per heavy atom. The summed E-state index contributed by atoms with van der Waals surface area (Å²) in [7, 11) is -3.36. The third-order valence-electron chi connectivity index (χ3n) is 1.92. The zero-order chi connectivity index (χ0) is 11.5. The lowest BCUT2D eigenvalue weighted by atomic mass is 10.2. The van der Waals surface area contributed by atoms with E-state index in [1.54, 1.807) is 25.1 Å². The number of nitrogens with one attached hydrogen (secondary N) is 1. The van der Waals surface area contributed by atoms with Gasteiger partial charge in [0.05, 0.1) is 11.4 Å². The van der Waals surface area contributed by atoms with Crippen LogP contribution in [-0.2, 0) is 10.0 Å². The minimum Gasteiger partial charge on any atom is -0.329 e. The smallest absolute Gasteiger partial charge is 0.233 e. The summed E-state index contributed by atoms with van der Waals surface area (Å²) in [5, 5.41) is 0.531. The predicted molar refractivity (Wildman–Crippen MR) is 62.7 cm³/mol. The molecule has 0 atom stereocenters. The first kappa shape index (κ1) is 12.3. The van der Waals surface area contributed by atoms with Gasteiger partial charge in [-0.3, -0.25) is 4.72 Å². The maximum Gasteiger partial charge on any atom is 0.233 e. The molecule has 0 amide bonds. The monoisotopic (exact) mass is 248 g/mol. The molecule has 0 fully saturated rings. The number of hydrogen-bond donors (Lipinski definition) is 2. The quantitative estimate of drug-likeness (QED) is 0.845. The Kier molecular flexibility index (Phi) is 3.96. The fourth-order valence-electron chi connectivity index (χ4n) is 1.09. The fourth-order valence-corrected chi connectivity index (χ4v) is 2.23. The van der Waals surface area contributed by atoms with E-state index in [0.29, 0.717) is 16.3 Å². The second kappa shape index (κ2) is 4.83. The summed E-state index contributed by atoms with van der Waals surface area (Å²) >= 11 is 5.86. The van der Waals surface area contributed by atoms with Crippen LogP contribution in [0.1, 0.15) is 5.56 Å². The standard InChI is InChI=1S/C9H13ClN2O2S/c1-7-8(10)3-2-4-9(7)12-15(13,14)6-5-11/h2-4,12H,5-6,11H2,1H3. The van der Waals surface area contributed by atoms with Crippen LogP contribution >= 0.6 is 11.6 Å². The number of halogens is 1. The Balaban J connectivity index is 2.95. The van der Waals surface area contributed by atoms with Crippen molar-refractivity contribution in [2.75, 3.05) is 17.0 Å². The highest BCUT2D eigenvalue weighted by atomic mass is 35.5. The van der Waals surface area contributed by atoms with Gasteiger partial charge in [-0.15, -0.1) is 0 Å². The number of anilines is 1. The molecule has 15 heavy (non-hydrogen) atoms. The van der Waals surface area contributed by atoms with Crippen molar-refractivity contribution < 1.29 is 8.42 Å². The Hall–Kier alpha value is -0.780. The summed E-state index contributed by atoms with van der Waals surface area (Å²) in [5.74, 6) is -0.0983. The van der Waals surface area contributed by atoms with E-state index in [1.807, 2.05) is 0 Å². The van der Waals surface area contributed by atoms with Crippen LogP contribution in [0.3, 0.4) is 0 Å². The molecule has 6 heteroatoms. The number of nitrogens with two attached hydrogens (primary N) is 1. The van der Waals surface area contributed by atoms with Gasteiger partial charge in [0.1, 0.15) is 0 Å². The molecule has 0 radical (unpaired) electrons. The van der Waals surface area contributed by atoms with Gasteiger partial charge >= 0.3 is 0 Å². The zero-order valence-corrected chi connectivity index (χ0v) is 9.90. The van der Waals surface area contributed by atoms with Gasteiger partial charge in [0.15, 0.2) is 0 Å². The minimum atomic E-state index is -3.36. The highest BCUT2D eigenvalue weighted by Gasteiger charge is 2.11. The normalized spacial score (nSPS) is 11.4. The van der Waals surface area contributed by atoms with Crippen molar-refractivity contribution in [2.24, 2.45) is 5.73 Å². The molecule has 0 aliphatic carbocycles. The average Bonchev–Trinajstić information content (AvgIpc) is 2.12. The molecule has 84 valence electrons. The van der Waals surface area contributed by atoms with Crippen LogP contribution in [0.4, 0.5) is 5.69 Å². The Morgan fingerprint density at radius 3 is 2.73 bits per heavy atom. The Labute approximate surface area is 94.5 Å². The number of hydrogen-bond acceptors (Lipinski definition) is 3. The first-order chi connectivity index (χ1) is 6.96. The minimum absolute atomic E-state index is 0.0922. The van der Waals surface area contributed by atoms with Crippen LogP contribution in [0.5, 0.6) is 0 Å². The molecule has 0 heterocycles. The predicted octanol–water partition coefficient (Wildman–Crippen LogP) is 1.35. The van der Waals surface area contributed by atoms with E-state index in [1.165, 1.54) is 0 Å². The lowest BCUT2D eigenvalue weighted by Crippen LogP contribution is -2.22. The number of benzene rings is 1. The molecule has 0 aromatic heterocycles. The van der Waals surface area contributed by atoms with E-state index >= 15 is 0 Å². The molecule has 0 saturated carbocycles. The highest BCUT2D eigenvalue weighted by Crippen LogP contribution is 2.23. The van der Waals surface area contributed by atoms with Crippen molar-refractivity contribution in [1.82, 2.24) is 0 Å². The lowest BCUT2D eigenvalue weighted by Gasteiger charge is -2.10. The van der Waals surface area contributed by atoms with Crippen molar-refractivity contribution in [2.45, 2.75) is 6.92 Å². The summed E-state index contributed by atoms with van der Waals surface area (Å²) in [4.78, 5) is 0. The van der Waals surface area contributed by atoms with E-state index < -0.39 is 10.0 Å². The van der Waals surface area contributed by atoms with E-state index in [2.05, 4.69) is 4.72 Å². The Bertz CT molecular complexity index is 445. The van der Waals surface area contributed by atoms with Gasteiger partial charge < -0.3 is 5.73 Å². The molecule has 0 unspecified atom stereocenters. The van der Waals surface area contributed by atoms with Gasteiger partial charge in [-0.25, -0.2) is 8.42 Å². The Morgan fingerprint density at radius 2 is 2.13 bits per heavy atom. The average molecular weight is 249 g/mol. The van der Waals surface area contributed by atoms with Gasteiger partial charge in [0, 0.05) is 11.6 Å². The summed E-state index contributed by atoms with van der Waals surface area (Å²) in [6.07, 6.45) is 0. The third-order valence-corrected chi connectivity index (χ3v) is 3.63. The van der Waals surface area contributed by atoms with Crippen LogP contribution in [0.25, 0.3) is 0 Å². The fraction of sp³-hybridized carbons (Fsp3) is 0.333. The number of rotatable bonds is 4. The van der Waals surface area contributed by atoms with Crippen LogP contribution in [0, 0.1) is 6.92 Å². The summed E-state index contributed by atoms with van der Waals surface area (Å²) in [6.45, 7) is 1.84. The van der Waals surface area contributed by atoms with E-state index in [0.717, 1.165) is 0 Å². The molecule has 0 aliphatic heterocycles. The maximum absolute atomic E-state index is 11.4. The lowest BCUT2D eigenvalue weighted by molar-refractivity contribution is 0.601. The van der Waals surface area contributed by atoms with Crippen LogP contribution < -0.4 is 10.5 Å². The molecule has 1 aromatic rings. The van der Waals surface area contributed by atoms with Crippen molar-refractivity contribution >= 4 is 27.3 Å². The molecule has 4 nitrogen and oxygen atoms in total. The molecular formula is C9H13ClN2O2S. The molecule has 0 aliphatic rings. The molecule has 0 saturated heterocycles. The SMILES string of the molecule is Cc1c(Cl)cccc1NS(=O)(=O)CCN. The second-order valence-corrected chi connectivity index (χ2v) is 5.37. The van der Waals surface area contributed by atoms with Crippen LogP contribution in [0.2, 0.25) is 5.02 Å². The zero-order valence-electron chi connectivity index (χ0n) is 8.33. The molecule has 0 bridgehead atoms. The van der Waals surface area contributed by atoms with Gasteiger partial charge in [-0.05, 0) is 24.6 Å². The number of sulfonamides is 1. The van der Waals surface area contributed by atoms with Crippen molar-refractivity contribution in [1.29, 1.82) is 0 Å². The maximum atomic E-state index is 11.4. The topological polar surface area (TPSA) is 72.2 Å². The molecule has 1 rings (SSSR count). The van der Waals surface area contributed by atoms with Crippen LogP contribution in [-0.4, -0.2) is 20.7 Å². The molecule has 3 N–H and O–H groups in total. The molecule has 1 aromatic carbocycles. The van der Waals surface area contributed by atoms with Crippen LogP contribution in [0.15, 0.2) is 18.2 Å². The second-order valence-electron chi connectivity index (χ2n) is 3.12. The van der Waals surface area contributed by atoms with E-state index in [4.69, 9.17) is 17.3 Å². The first-order valence-corrected chi connectivity index (χ1v) is 6.45. The van der Waals surface area contributed by atoms with Gasteiger partial charge in [-0.1, -0.05) is 17.7 Å². The molecule has 0 spiro atoms. The van der Waals surface area contributed by atoms with Gasteiger partial charge in [0.2, 0.25) is 10.0 Å². The molecular weight excluding hydrogens is 236 g/mol. The third kappa shape index (κ3) is 3.37.